The molecule has 5 nitrogen and oxygen atoms in total. The lowest BCUT2D eigenvalue weighted by Gasteiger charge is -2.10. The topological polar surface area (TPSA) is 79.9 Å². The summed E-state index contributed by atoms with van der Waals surface area (Å²) in [6.07, 6.45) is 5.17. The highest BCUT2D eigenvalue weighted by atomic mass is 32.2. The van der Waals surface area contributed by atoms with Gasteiger partial charge in [0.1, 0.15) is 5.75 Å². The van der Waals surface area contributed by atoms with E-state index >= 15 is 0 Å². The van der Waals surface area contributed by atoms with Crippen molar-refractivity contribution in [1.82, 2.24) is 5.32 Å². The molecular formula is C14H19N3O2S. The zero-order valence-corrected chi connectivity index (χ0v) is 12.2. The smallest absolute Gasteiger partial charge is 0.173 e. The first kappa shape index (κ1) is 16.2. The van der Waals surface area contributed by atoms with Crippen molar-refractivity contribution in [1.29, 1.82) is 0 Å². The van der Waals surface area contributed by atoms with Crippen molar-refractivity contribution in [3.63, 3.8) is 0 Å². The number of amidine groups is 1. The van der Waals surface area contributed by atoms with E-state index in [9.17, 15) is 0 Å². The maximum absolute atomic E-state index is 8.70. The number of nitrogens with zero attached hydrogens (tertiary/aromatic N) is 1. The fraction of sp³-hybridized carbons (Fsp3) is 0.357. The molecule has 0 bridgehead atoms. The van der Waals surface area contributed by atoms with E-state index in [4.69, 9.17) is 22.1 Å². The summed E-state index contributed by atoms with van der Waals surface area (Å²) >= 11 is 1.72. The molecule has 0 atom stereocenters. The first-order chi connectivity index (χ1) is 9.72. The van der Waals surface area contributed by atoms with Gasteiger partial charge in [0.05, 0.1) is 18.4 Å². The van der Waals surface area contributed by atoms with Crippen molar-refractivity contribution in [3.05, 3.63) is 29.3 Å². The Hall–Kier alpha value is -1.84. The van der Waals surface area contributed by atoms with E-state index in [2.05, 4.69) is 16.4 Å². The molecule has 0 fully saturated rings. The number of benzene rings is 1. The van der Waals surface area contributed by atoms with Gasteiger partial charge in [-0.2, -0.15) is 0 Å². The van der Waals surface area contributed by atoms with E-state index in [1.54, 1.807) is 24.9 Å². The minimum Gasteiger partial charge on any atom is -0.496 e. The molecule has 4 N–H and O–H groups in total. The molecule has 0 unspecified atom stereocenters. The number of nitrogens with one attached hydrogen (secondary N) is 1. The summed E-state index contributed by atoms with van der Waals surface area (Å²) in [5.74, 6) is 4.92. The lowest BCUT2D eigenvalue weighted by Crippen LogP contribution is -2.18. The summed E-state index contributed by atoms with van der Waals surface area (Å²) < 4.78 is 5.24. The summed E-state index contributed by atoms with van der Waals surface area (Å²) in [5, 5.41) is 15.0. The number of rotatable bonds is 8. The van der Waals surface area contributed by atoms with Gasteiger partial charge in [-0.05, 0) is 17.7 Å². The zero-order chi connectivity index (χ0) is 14.8. The Kier molecular flexibility index (Phi) is 7.40. The van der Waals surface area contributed by atoms with Gasteiger partial charge in [0.15, 0.2) is 5.84 Å². The number of thioether (sulfide) groups is 1. The van der Waals surface area contributed by atoms with Crippen LogP contribution < -0.4 is 15.8 Å². The molecule has 0 saturated carbocycles. The number of oxime groups is 1. The van der Waals surface area contributed by atoms with Gasteiger partial charge in [-0.15, -0.1) is 18.2 Å². The quantitative estimate of drug-likeness (QED) is 0.168. The monoisotopic (exact) mass is 293 g/mol. The lowest BCUT2D eigenvalue weighted by atomic mass is 10.1. The normalized spacial score (nSPS) is 11.1. The van der Waals surface area contributed by atoms with E-state index in [1.807, 2.05) is 12.1 Å². The third kappa shape index (κ3) is 5.03. The van der Waals surface area contributed by atoms with Crippen LogP contribution in [-0.2, 0) is 6.54 Å². The number of nitrogens with two attached hydrogens (primary N) is 1. The molecule has 0 aliphatic heterocycles. The molecule has 1 aromatic rings. The minimum atomic E-state index is 0.0343. The third-order valence-electron chi connectivity index (χ3n) is 2.59. The second-order valence-electron chi connectivity index (χ2n) is 3.95. The van der Waals surface area contributed by atoms with Gasteiger partial charge in [-0.3, -0.25) is 0 Å². The molecule has 0 aromatic heterocycles. The van der Waals surface area contributed by atoms with Crippen LogP contribution in [-0.4, -0.2) is 36.2 Å². The Bertz CT molecular complexity index is 498. The maximum atomic E-state index is 8.70. The van der Waals surface area contributed by atoms with Crippen LogP contribution in [0.1, 0.15) is 11.1 Å². The van der Waals surface area contributed by atoms with E-state index in [0.717, 1.165) is 30.2 Å². The molecule has 0 aliphatic carbocycles. The van der Waals surface area contributed by atoms with E-state index < -0.39 is 0 Å². The van der Waals surface area contributed by atoms with Gasteiger partial charge < -0.3 is 21.0 Å². The predicted molar refractivity (Wildman–Crippen MR) is 83.4 cm³/mol. The van der Waals surface area contributed by atoms with Crippen molar-refractivity contribution in [2.24, 2.45) is 10.9 Å². The van der Waals surface area contributed by atoms with E-state index in [0.29, 0.717) is 11.3 Å². The highest BCUT2D eigenvalue weighted by molar-refractivity contribution is 7.99. The molecule has 108 valence electrons. The van der Waals surface area contributed by atoms with Gasteiger partial charge in [-0.1, -0.05) is 17.1 Å². The summed E-state index contributed by atoms with van der Waals surface area (Å²) in [5.41, 5.74) is 7.21. The maximum Gasteiger partial charge on any atom is 0.173 e. The highest BCUT2D eigenvalue weighted by Crippen LogP contribution is 2.20. The van der Waals surface area contributed by atoms with Gasteiger partial charge in [0, 0.05) is 18.8 Å². The minimum absolute atomic E-state index is 0.0343. The Labute approximate surface area is 123 Å². The molecule has 20 heavy (non-hydrogen) atoms. The van der Waals surface area contributed by atoms with Crippen LogP contribution in [0.25, 0.3) is 0 Å². The number of ether oxygens (including phenoxy) is 1. The van der Waals surface area contributed by atoms with Crippen molar-refractivity contribution >= 4 is 17.6 Å². The van der Waals surface area contributed by atoms with E-state index in [-0.39, 0.29) is 5.84 Å². The Morgan fingerprint density at radius 1 is 1.60 bits per heavy atom. The molecule has 0 saturated heterocycles. The molecule has 0 spiro atoms. The van der Waals surface area contributed by atoms with Crippen molar-refractivity contribution < 1.29 is 9.94 Å². The first-order valence-electron chi connectivity index (χ1n) is 6.09. The fourth-order valence-corrected chi connectivity index (χ4v) is 2.17. The molecule has 1 aromatic carbocycles. The summed E-state index contributed by atoms with van der Waals surface area (Å²) in [6, 6.07) is 5.56. The van der Waals surface area contributed by atoms with Crippen LogP contribution in [0.15, 0.2) is 23.4 Å². The standard InChI is InChI=1S/C14H19N3O2S/c1-3-7-20-8-6-16-10-11-4-5-12(14(15)17-18)13(9-11)19-2/h1,4-5,9,16,18H,6-8,10H2,2H3,(H2,15,17). The molecule has 0 aliphatic rings. The van der Waals surface area contributed by atoms with Gasteiger partial charge in [0.2, 0.25) is 0 Å². The lowest BCUT2D eigenvalue weighted by molar-refractivity contribution is 0.318. The molecule has 0 heterocycles. The van der Waals surface area contributed by atoms with Crippen LogP contribution in [0.2, 0.25) is 0 Å². The molecule has 6 heteroatoms. The second-order valence-corrected chi connectivity index (χ2v) is 5.06. The zero-order valence-electron chi connectivity index (χ0n) is 11.4. The molecule has 1 rings (SSSR count). The van der Waals surface area contributed by atoms with Crippen LogP contribution >= 0.6 is 11.8 Å². The molecule has 0 radical (unpaired) electrons. The van der Waals surface area contributed by atoms with E-state index in [1.165, 1.54) is 0 Å². The van der Waals surface area contributed by atoms with Gasteiger partial charge in [0.25, 0.3) is 0 Å². The van der Waals surface area contributed by atoms with Gasteiger partial charge in [-0.25, -0.2) is 0 Å². The SMILES string of the molecule is C#CCSCCNCc1ccc(/C(N)=N/O)c(OC)c1. The van der Waals surface area contributed by atoms with Gasteiger partial charge >= 0.3 is 0 Å². The predicted octanol–water partition coefficient (Wildman–Crippen LogP) is 1.25. The third-order valence-corrected chi connectivity index (χ3v) is 3.45. The Morgan fingerprint density at radius 2 is 2.40 bits per heavy atom. The second kappa shape index (κ2) is 9.13. The average molecular weight is 293 g/mol. The molecular weight excluding hydrogens is 274 g/mol. The number of hydrogen-bond donors (Lipinski definition) is 3. The largest absolute Gasteiger partial charge is 0.496 e. The van der Waals surface area contributed by atoms with Crippen molar-refractivity contribution in [2.45, 2.75) is 6.54 Å². The summed E-state index contributed by atoms with van der Waals surface area (Å²) in [4.78, 5) is 0. The van der Waals surface area contributed by atoms with Crippen LogP contribution in [0, 0.1) is 12.3 Å². The van der Waals surface area contributed by atoms with Crippen LogP contribution in [0.4, 0.5) is 0 Å². The summed E-state index contributed by atoms with van der Waals surface area (Å²) in [7, 11) is 1.55. The highest BCUT2D eigenvalue weighted by Gasteiger charge is 2.08. The van der Waals surface area contributed by atoms with Crippen LogP contribution in [0.5, 0.6) is 5.75 Å². The van der Waals surface area contributed by atoms with Crippen LogP contribution in [0.3, 0.4) is 0 Å². The fourth-order valence-electron chi connectivity index (χ4n) is 1.62. The number of hydrogen-bond acceptors (Lipinski definition) is 5. The number of methoxy groups -OCH3 is 1. The Morgan fingerprint density at radius 3 is 3.05 bits per heavy atom. The molecule has 0 amide bonds. The first-order valence-corrected chi connectivity index (χ1v) is 7.25. The van der Waals surface area contributed by atoms with Crippen molar-refractivity contribution in [3.8, 4) is 18.1 Å². The number of terminal acetylenes is 1. The average Bonchev–Trinajstić information content (AvgIpc) is 2.49. The Balaban J connectivity index is 2.54. The summed E-state index contributed by atoms with van der Waals surface area (Å²) in [6.45, 7) is 1.61. The van der Waals surface area contributed by atoms with Crippen molar-refractivity contribution in [2.75, 3.05) is 25.2 Å².